The first-order chi connectivity index (χ1) is 10.6. The van der Waals surface area contributed by atoms with Crippen molar-refractivity contribution in [2.24, 2.45) is 0 Å². The zero-order valence-electron chi connectivity index (χ0n) is 12.7. The molecule has 5 heteroatoms. The number of hydrogen-bond donors (Lipinski definition) is 1. The lowest BCUT2D eigenvalue weighted by molar-refractivity contribution is -0.140. The number of likely N-dealkylation sites (tertiary alicyclic amines) is 1. The average molecular weight is 300 g/mol. The second-order valence-electron chi connectivity index (χ2n) is 6.05. The van der Waals surface area contributed by atoms with E-state index in [2.05, 4.69) is 5.32 Å². The summed E-state index contributed by atoms with van der Waals surface area (Å²) >= 11 is 0. The predicted octanol–water partition coefficient (Wildman–Crippen LogP) is 2.16. The summed E-state index contributed by atoms with van der Waals surface area (Å²) in [6.45, 7) is 0. The van der Waals surface area contributed by atoms with E-state index in [-0.39, 0.29) is 17.6 Å². The average Bonchev–Trinajstić information content (AvgIpc) is 2.51. The molecule has 1 fully saturated rings. The van der Waals surface area contributed by atoms with Gasteiger partial charge in [-0.3, -0.25) is 14.4 Å². The number of Topliss-reactive ketones (excluding diaryl/α,β-unsaturated/α-hetero) is 1. The van der Waals surface area contributed by atoms with Gasteiger partial charge in [0.25, 0.3) is 0 Å². The minimum Gasteiger partial charge on any atom is -0.334 e. The summed E-state index contributed by atoms with van der Waals surface area (Å²) in [5, 5.41) is 2.85. The lowest BCUT2D eigenvalue weighted by Gasteiger charge is -2.31. The van der Waals surface area contributed by atoms with Crippen LogP contribution in [0.4, 0.5) is 5.69 Å². The van der Waals surface area contributed by atoms with Gasteiger partial charge in [0.1, 0.15) is 6.04 Å². The van der Waals surface area contributed by atoms with E-state index in [9.17, 15) is 14.4 Å². The topological polar surface area (TPSA) is 66.5 Å². The van der Waals surface area contributed by atoms with Crippen LogP contribution in [-0.4, -0.2) is 35.6 Å². The fourth-order valence-electron chi connectivity index (χ4n) is 3.23. The molecule has 1 atom stereocenters. The van der Waals surface area contributed by atoms with Crippen LogP contribution in [0.15, 0.2) is 18.2 Å². The van der Waals surface area contributed by atoms with Crippen LogP contribution in [0.5, 0.6) is 0 Å². The standard InChI is InChI=1S/C17H20N2O3/c1-19-14(5-3-7-16(19)21)17(22)18-12-9-8-11-4-2-6-15(20)13(11)10-12/h8-10,14H,2-7H2,1H3,(H,18,22). The van der Waals surface area contributed by atoms with Gasteiger partial charge in [0, 0.05) is 31.1 Å². The van der Waals surface area contributed by atoms with Crippen molar-refractivity contribution >= 4 is 23.3 Å². The predicted molar refractivity (Wildman–Crippen MR) is 82.7 cm³/mol. The number of rotatable bonds is 2. The molecule has 2 amide bonds. The summed E-state index contributed by atoms with van der Waals surface area (Å²) in [5.74, 6) is -0.0342. The van der Waals surface area contributed by atoms with Gasteiger partial charge in [-0.1, -0.05) is 6.07 Å². The zero-order valence-corrected chi connectivity index (χ0v) is 12.7. The Hall–Kier alpha value is -2.17. The number of anilines is 1. The molecule has 1 saturated heterocycles. The summed E-state index contributed by atoms with van der Waals surface area (Å²) in [5.41, 5.74) is 2.40. The first kappa shape index (κ1) is 14.8. The Morgan fingerprint density at radius 3 is 2.82 bits per heavy atom. The first-order valence-electron chi connectivity index (χ1n) is 7.79. The highest BCUT2D eigenvalue weighted by molar-refractivity contribution is 6.02. The fraction of sp³-hybridized carbons (Fsp3) is 0.471. The van der Waals surface area contributed by atoms with E-state index in [1.54, 1.807) is 13.1 Å². The van der Waals surface area contributed by atoms with Gasteiger partial charge in [0.05, 0.1) is 0 Å². The number of carbonyl (C=O) groups excluding carboxylic acids is 3. The maximum Gasteiger partial charge on any atom is 0.247 e. The number of nitrogens with zero attached hydrogens (tertiary/aromatic N) is 1. The van der Waals surface area contributed by atoms with Crippen LogP contribution in [-0.2, 0) is 16.0 Å². The van der Waals surface area contributed by atoms with Gasteiger partial charge in [-0.25, -0.2) is 0 Å². The first-order valence-corrected chi connectivity index (χ1v) is 7.79. The normalized spacial score (nSPS) is 21.5. The zero-order chi connectivity index (χ0) is 15.7. The van der Waals surface area contributed by atoms with E-state index in [4.69, 9.17) is 0 Å². The molecule has 1 unspecified atom stereocenters. The number of aryl methyl sites for hydroxylation is 1. The summed E-state index contributed by atoms with van der Waals surface area (Å²) in [6, 6.07) is 5.09. The van der Waals surface area contributed by atoms with Crippen molar-refractivity contribution < 1.29 is 14.4 Å². The molecule has 3 rings (SSSR count). The number of likely N-dealkylation sites (N-methyl/N-ethyl adjacent to an activating group) is 1. The Morgan fingerprint density at radius 1 is 1.18 bits per heavy atom. The lowest BCUT2D eigenvalue weighted by Crippen LogP contribution is -2.47. The van der Waals surface area contributed by atoms with Crippen molar-refractivity contribution in [2.75, 3.05) is 12.4 Å². The quantitative estimate of drug-likeness (QED) is 0.910. The molecule has 1 aliphatic carbocycles. The van der Waals surface area contributed by atoms with Crippen molar-refractivity contribution in [3.05, 3.63) is 29.3 Å². The number of carbonyl (C=O) groups is 3. The van der Waals surface area contributed by atoms with Gasteiger partial charge in [-0.05, 0) is 43.4 Å². The number of piperidine rings is 1. The van der Waals surface area contributed by atoms with Gasteiger partial charge in [-0.15, -0.1) is 0 Å². The van der Waals surface area contributed by atoms with Gasteiger partial charge >= 0.3 is 0 Å². The summed E-state index contributed by atoms with van der Waals surface area (Å²) in [7, 11) is 1.67. The molecular weight excluding hydrogens is 280 g/mol. The highest BCUT2D eigenvalue weighted by Gasteiger charge is 2.30. The molecule has 0 radical (unpaired) electrons. The number of ketones is 1. The smallest absolute Gasteiger partial charge is 0.247 e. The monoisotopic (exact) mass is 300 g/mol. The Bertz CT molecular complexity index is 639. The van der Waals surface area contributed by atoms with Gasteiger partial charge in [0.2, 0.25) is 11.8 Å². The second kappa shape index (κ2) is 5.91. The molecule has 1 heterocycles. The third-order valence-corrected chi connectivity index (χ3v) is 4.56. The third kappa shape index (κ3) is 2.75. The SMILES string of the molecule is CN1C(=O)CCCC1C(=O)Nc1ccc2c(c1)C(=O)CCC2. The van der Waals surface area contributed by atoms with E-state index >= 15 is 0 Å². The van der Waals surface area contributed by atoms with Crippen LogP contribution in [0.25, 0.3) is 0 Å². The van der Waals surface area contributed by atoms with Crippen LogP contribution in [0.3, 0.4) is 0 Å². The van der Waals surface area contributed by atoms with Crippen LogP contribution < -0.4 is 5.32 Å². The van der Waals surface area contributed by atoms with E-state index in [0.717, 1.165) is 30.4 Å². The maximum absolute atomic E-state index is 12.4. The second-order valence-corrected chi connectivity index (χ2v) is 6.05. The molecule has 1 aromatic carbocycles. The van der Waals surface area contributed by atoms with Crippen LogP contribution >= 0.6 is 0 Å². The molecule has 116 valence electrons. The Morgan fingerprint density at radius 2 is 2.00 bits per heavy atom. The van der Waals surface area contributed by atoms with E-state index in [1.807, 2.05) is 12.1 Å². The Labute approximate surface area is 129 Å². The number of amides is 2. The van der Waals surface area contributed by atoms with Crippen LogP contribution in [0.1, 0.15) is 48.0 Å². The van der Waals surface area contributed by atoms with Crippen LogP contribution in [0, 0.1) is 0 Å². The number of benzene rings is 1. The minimum atomic E-state index is -0.423. The molecule has 22 heavy (non-hydrogen) atoms. The summed E-state index contributed by atoms with van der Waals surface area (Å²) in [4.78, 5) is 37.6. The third-order valence-electron chi connectivity index (χ3n) is 4.56. The molecule has 1 aromatic rings. The van der Waals surface area contributed by atoms with E-state index < -0.39 is 6.04 Å². The van der Waals surface area contributed by atoms with Gasteiger partial charge < -0.3 is 10.2 Å². The molecule has 0 bridgehead atoms. The van der Waals surface area contributed by atoms with Crippen molar-refractivity contribution in [3.8, 4) is 0 Å². The molecule has 0 aromatic heterocycles. The van der Waals surface area contributed by atoms with Gasteiger partial charge in [-0.2, -0.15) is 0 Å². The van der Waals surface area contributed by atoms with Gasteiger partial charge in [0.15, 0.2) is 5.78 Å². The number of nitrogens with one attached hydrogen (secondary N) is 1. The Balaban J connectivity index is 1.75. The van der Waals surface area contributed by atoms with Crippen molar-refractivity contribution in [3.63, 3.8) is 0 Å². The molecular formula is C17H20N2O3. The minimum absolute atomic E-state index is 0.00650. The molecule has 0 saturated carbocycles. The number of hydrogen-bond acceptors (Lipinski definition) is 3. The van der Waals surface area contributed by atoms with Crippen molar-refractivity contribution in [2.45, 2.75) is 44.6 Å². The van der Waals surface area contributed by atoms with E-state index in [1.165, 1.54) is 4.90 Å². The largest absolute Gasteiger partial charge is 0.334 e. The van der Waals surface area contributed by atoms with E-state index in [0.29, 0.717) is 24.9 Å². The molecule has 0 spiro atoms. The molecule has 5 nitrogen and oxygen atoms in total. The molecule has 2 aliphatic rings. The highest BCUT2D eigenvalue weighted by Crippen LogP contribution is 2.25. The van der Waals surface area contributed by atoms with Crippen molar-refractivity contribution in [1.82, 2.24) is 4.90 Å². The summed E-state index contributed by atoms with van der Waals surface area (Å²) in [6.07, 6.45) is 4.31. The maximum atomic E-state index is 12.4. The highest BCUT2D eigenvalue weighted by atomic mass is 16.2. The number of fused-ring (bicyclic) bond motifs is 1. The van der Waals surface area contributed by atoms with Crippen LogP contribution in [0.2, 0.25) is 0 Å². The van der Waals surface area contributed by atoms with Crippen molar-refractivity contribution in [1.29, 1.82) is 0 Å². The molecule has 1 aliphatic heterocycles. The lowest BCUT2D eigenvalue weighted by atomic mass is 9.90. The Kier molecular flexibility index (Phi) is 3.96. The molecule has 1 N–H and O–H groups in total. The fourth-order valence-corrected chi connectivity index (χ4v) is 3.23. The summed E-state index contributed by atoms with van der Waals surface area (Å²) < 4.78 is 0.